The Morgan fingerprint density at radius 3 is 2.41 bits per heavy atom. The summed E-state index contributed by atoms with van der Waals surface area (Å²) in [6, 6.07) is 13.5. The summed E-state index contributed by atoms with van der Waals surface area (Å²) in [5, 5.41) is 2.97. The number of benzene rings is 1. The van der Waals surface area contributed by atoms with E-state index in [0.29, 0.717) is 6.54 Å². The zero-order chi connectivity index (χ0) is 17.6. The summed E-state index contributed by atoms with van der Waals surface area (Å²) in [6.07, 6.45) is 4.31. The van der Waals surface area contributed by atoms with Crippen LogP contribution in [0, 0.1) is 5.92 Å². The molecule has 0 aliphatic carbocycles. The van der Waals surface area contributed by atoms with E-state index < -0.39 is 0 Å². The zero-order valence-electron chi connectivity index (χ0n) is 15.5. The lowest BCUT2D eigenvalue weighted by Crippen LogP contribution is -2.35. The van der Waals surface area contributed by atoms with Crippen molar-refractivity contribution in [2.24, 2.45) is 11.7 Å². The van der Waals surface area contributed by atoms with E-state index in [1.165, 1.54) is 12.8 Å². The minimum Gasteiger partial charge on any atom is -0.357 e. The molecule has 1 aliphatic heterocycles. The number of nitrogens with two attached hydrogens (primary N) is 1. The fraction of sp³-hybridized carbons (Fsp3) is 0.400. The van der Waals surface area contributed by atoms with E-state index in [0.717, 1.165) is 30.0 Å². The molecule has 0 saturated carbocycles. The lowest BCUT2D eigenvalue weighted by atomic mass is 9.94. The van der Waals surface area contributed by atoms with E-state index in [1.807, 2.05) is 55.6 Å². The Morgan fingerprint density at radius 1 is 1.15 bits per heavy atom. The molecule has 2 heterocycles. The number of aromatic nitrogens is 1. The molecule has 1 fully saturated rings. The van der Waals surface area contributed by atoms with Gasteiger partial charge in [-0.15, -0.1) is 24.8 Å². The van der Waals surface area contributed by atoms with Crippen molar-refractivity contribution >= 4 is 36.5 Å². The Kier molecular flexibility index (Phi) is 9.56. The second kappa shape index (κ2) is 11.1. The van der Waals surface area contributed by atoms with Gasteiger partial charge in [0.25, 0.3) is 0 Å². The predicted molar refractivity (Wildman–Crippen MR) is 115 cm³/mol. The number of anilines is 1. The molecule has 3 N–H and O–H groups in total. The van der Waals surface area contributed by atoms with Crippen molar-refractivity contribution < 1.29 is 4.79 Å². The SMILES string of the molecule is CC(C(=O)NCc1ccc(N2CCCC2)nc1)C(N)c1ccccc1.Cl.Cl. The number of carbonyl (C=O) groups excluding carboxylic acids is 1. The van der Waals surface area contributed by atoms with Crippen molar-refractivity contribution in [3.05, 3.63) is 59.8 Å². The fourth-order valence-electron chi connectivity index (χ4n) is 3.13. The van der Waals surface area contributed by atoms with Crippen molar-refractivity contribution in [1.29, 1.82) is 0 Å². The van der Waals surface area contributed by atoms with Gasteiger partial charge >= 0.3 is 0 Å². The molecule has 0 spiro atoms. The van der Waals surface area contributed by atoms with E-state index in [-0.39, 0.29) is 42.7 Å². The Hall–Kier alpha value is -1.82. The van der Waals surface area contributed by atoms with Gasteiger partial charge in [0.05, 0.1) is 5.92 Å². The number of amides is 1. The number of halogens is 2. The van der Waals surface area contributed by atoms with Crippen molar-refractivity contribution in [3.63, 3.8) is 0 Å². The largest absolute Gasteiger partial charge is 0.357 e. The summed E-state index contributed by atoms with van der Waals surface area (Å²) >= 11 is 0. The highest BCUT2D eigenvalue weighted by molar-refractivity contribution is 5.85. The molecule has 0 radical (unpaired) electrons. The highest BCUT2D eigenvalue weighted by Crippen LogP contribution is 2.20. The number of nitrogens with one attached hydrogen (secondary N) is 1. The van der Waals surface area contributed by atoms with Gasteiger partial charge in [-0.2, -0.15) is 0 Å². The van der Waals surface area contributed by atoms with Crippen LogP contribution in [0.2, 0.25) is 0 Å². The van der Waals surface area contributed by atoms with E-state index in [1.54, 1.807) is 0 Å². The van der Waals surface area contributed by atoms with Crippen LogP contribution in [0.25, 0.3) is 0 Å². The minimum absolute atomic E-state index is 0. The van der Waals surface area contributed by atoms with Crippen LogP contribution in [0.3, 0.4) is 0 Å². The summed E-state index contributed by atoms with van der Waals surface area (Å²) in [7, 11) is 0. The molecular weight excluding hydrogens is 383 g/mol. The van der Waals surface area contributed by atoms with Gasteiger partial charge in [-0.1, -0.05) is 43.3 Å². The summed E-state index contributed by atoms with van der Waals surface area (Å²) in [4.78, 5) is 19.2. The monoisotopic (exact) mass is 410 g/mol. The standard InChI is InChI=1S/C20H26N4O.2ClH/c1-15(19(21)17-7-3-2-4-8-17)20(25)23-14-16-9-10-18(22-13-16)24-11-5-6-12-24;;/h2-4,7-10,13,15,19H,5-6,11-12,14,21H2,1H3,(H,23,25);2*1H. The average Bonchev–Trinajstić information content (AvgIpc) is 3.21. The first kappa shape index (κ1) is 23.2. The van der Waals surface area contributed by atoms with Crippen LogP contribution in [0.4, 0.5) is 5.82 Å². The van der Waals surface area contributed by atoms with E-state index in [2.05, 4.69) is 15.2 Å². The third-order valence-corrected chi connectivity index (χ3v) is 4.84. The zero-order valence-corrected chi connectivity index (χ0v) is 17.1. The van der Waals surface area contributed by atoms with Crippen molar-refractivity contribution in [1.82, 2.24) is 10.3 Å². The number of rotatable bonds is 6. The third kappa shape index (κ3) is 6.09. The number of nitrogens with zero attached hydrogens (tertiary/aromatic N) is 2. The average molecular weight is 411 g/mol. The highest BCUT2D eigenvalue weighted by Gasteiger charge is 2.21. The maximum atomic E-state index is 12.4. The van der Waals surface area contributed by atoms with E-state index in [4.69, 9.17) is 5.73 Å². The van der Waals surface area contributed by atoms with E-state index >= 15 is 0 Å². The van der Waals surface area contributed by atoms with Crippen LogP contribution in [0.5, 0.6) is 0 Å². The lowest BCUT2D eigenvalue weighted by molar-refractivity contribution is -0.125. The lowest BCUT2D eigenvalue weighted by Gasteiger charge is -2.20. The molecule has 148 valence electrons. The number of hydrogen-bond donors (Lipinski definition) is 2. The third-order valence-electron chi connectivity index (χ3n) is 4.84. The Labute approximate surface area is 173 Å². The molecule has 7 heteroatoms. The van der Waals surface area contributed by atoms with Crippen LogP contribution in [-0.2, 0) is 11.3 Å². The smallest absolute Gasteiger partial charge is 0.225 e. The molecule has 1 aromatic heterocycles. The second-order valence-corrected chi connectivity index (χ2v) is 6.66. The van der Waals surface area contributed by atoms with Crippen molar-refractivity contribution in [3.8, 4) is 0 Å². The van der Waals surface area contributed by atoms with Crippen LogP contribution in [0.15, 0.2) is 48.7 Å². The molecule has 3 rings (SSSR count). The van der Waals surface area contributed by atoms with Gasteiger partial charge in [0.2, 0.25) is 5.91 Å². The number of carbonyl (C=O) groups is 1. The maximum Gasteiger partial charge on any atom is 0.225 e. The van der Waals surface area contributed by atoms with Gasteiger partial charge in [-0.3, -0.25) is 4.79 Å². The first-order valence-electron chi connectivity index (χ1n) is 8.93. The fourth-order valence-corrected chi connectivity index (χ4v) is 3.13. The first-order chi connectivity index (χ1) is 12.1. The van der Waals surface area contributed by atoms with Crippen molar-refractivity contribution in [2.45, 2.75) is 32.4 Å². The highest BCUT2D eigenvalue weighted by atomic mass is 35.5. The van der Waals surface area contributed by atoms with Crippen LogP contribution in [0.1, 0.15) is 36.9 Å². The van der Waals surface area contributed by atoms with Crippen LogP contribution >= 0.6 is 24.8 Å². The molecule has 2 unspecified atom stereocenters. The van der Waals surface area contributed by atoms with Crippen LogP contribution in [-0.4, -0.2) is 24.0 Å². The molecule has 1 saturated heterocycles. The second-order valence-electron chi connectivity index (χ2n) is 6.66. The Balaban J connectivity index is 0.00000182. The van der Waals surface area contributed by atoms with Gasteiger partial charge in [-0.25, -0.2) is 4.98 Å². The van der Waals surface area contributed by atoms with E-state index in [9.17, 15) is 4.79 Å². The van der Waals surface area contributed by atoms with Gasteiger partial charge < -0.3 is 16.0 Å². The maximum absolute atomic E-state index is 12.4. The molecule has 2 atom stereocenters. The van der Waals surface area contributed by atoms with Gasteiger partial charge in [0, 0.05) is 31.9 Å². The van der Waals surface area contributed by atoms with Gasteiger partial charge in [0.15, 0.2) is 0 Å². The van der Waals surface area contributed by atoms with Gasteiger partial charge in [-0.05, 0) is 30.0 Å². The number of pyridine rings is 1. The molecule has 27 heavy (non-hydrogen) atoms. The minimum atomic E-state index is -0.308. The summed E-state index contributed by atoms with van der Waals surface area (Å²) in [5.74, 6) is 0.686. The predicted octanol–water partition coefficient (Wildman–Crippen LogP) is 3.48. The molecule has 1 aliphatic rings. The first-order valence-corrected chi connectivity index (χ1v) is 8.93. The molecule has 1 aromatic carbocycles. The normalized spacial score (nSPS) is 15.3. The molecule has 2 aromatic rings. The topological polar surface area (TPSA) is 71.2 Å². The molecule has 0 bridgehead atoms. The van der Waals surface area contributed by atoms with Crippen molar-refractivity contribution in [2.75, 3.05) is 18.0 Å². The molecule has 1 amide bonds. The molecule has 5 nitrogen and oxygen atoms in total. The molecular formula is C20H28Cl2N4O. The summed E-state index contributed by atoms with van der Waals surface area (Å²) in [5.41, 5.74) is 8.19. The summed E-state index contributed by atoms with van der Waals surface area (Å²) < 4.78 is 0. The van der Waals surface area contributed by atoms with Gasteiger partial charge in [0.1, 0.15) is 5.82 Å². The summed E-state index contributed by atoms with van der Waals surface area (Å²) in [6.45, 7) is 4.50. The Bertz CT molecular complexity index is 691. The quantitative estimate of drug-likeness (QED) is 0.764. The number of hydrogen-bond acceptors (Lipinski definition) is 4. The Morgan fingerprint density at radius 2 is 1.81 bits per heavy atom. The van der Waals surface area contributed by atoms with Crippen LogP contribution < -0.4 is 16.0 Å².